The van der Waals surface area contributed by atoms with E-state index in [1.165, 1.54) is 29.5 Å². The molecule has 0 radical (unpaired) electrons. The van der Waals surface area contributed by atoms with E-state index < -0.39 is 11.6 Å². The van der Waals surface area contributed by atoms with Crippen LogP contribution in [0.5, 0.6) is 11.5 Å². The van der Waals surface area contributed by atoms with Gasteiger partial charge in [0.15, 0.2) is 5.76 Å². The summed E-state index contributed by atoms with van der Waals surface area (Å²) in [7, 11) is 0. The number of fused-ring (bicyclic) bond motifs is 1. The molecule has 6 heteroatoms. The molecule has 1 aliphatic heterocycles. The monoisotopic (exact) mass is 370 g/mol. The van der Waals surface area contributed by atoms with E-state index in [0.29, 0.717) is 17.1 Å². The summed E-state index contributed by atoms with van der Waals surface area (Å²) >= 11 is 1.50. The highest BCUT2D eigenvalue weighted by molar-refractivity contribution is 7.10. The number of hydrogen-bond acceptors (Lipinski definition) is 4. The van der Waals surface area contributed by atoms with Gasteiger partial charge in [-0.25, -0.2) is 8.78 Å². The third-order valence-corrected chi connectivity index (χ3v) is 4.72. The summed E-state index contributed by atoms with van der Waals surface area (Å²) in [6, 6.07) is 12.1. The Morgan fingerprint density at radius 2 is 1.88 bits per heavy atom. The molecular weight excluding hydrogens is 358 g/mol. The van der Waals surface area contributed by atoms with Crippen molar-refractivity contribution in [3.63, 3.8) is 0 Å². The SMILES string of the molecule is O=C1/C(=C/c2cccs2)Oc2cc(OCc3c(F)cccc3F)ccc21. The number of hydrogen-bond donors (Lipinski definition) is 0. The lowest BCUT2D eigenvalue weighted by atomic mass is 10.1. The second-order valence-corrected chi connectivity index (χ2v) is 6.58. The summed E-state index contributed by atoms with van der Waals surface area (Å²) in [5, 5.41) is 1.91. The molecule has 130 valence electrons. The number of carbonyl (C=O) groups is 1. The second-order valence-electron chi connectivity index (χ2n) is 5.60. The quantitative estimate of drug-likeness (QED) is 0.591. The molecule has 26 heavy (non-hydrogen) atoms. The Morgan fingerprint density at radius 1 is 1.08 bits per heavy atom. The third-order valence-electron chi connectivity index (χ3n) is 3.90. The predicted octanol–water partition coefficient (Wildman–Crippen LogP) is 5.22. The highest BCUT2D eigenvalue weighted by Crippen LogP contribution is 2.35. The van der Waals surface area contributed by atoms with Crippen molar-refractivity contribution in [3.05, 3.63) is 87.3 Å². The summed E-state index contributed by atoms with van der Waals surface area (Å²) in [6.07, 6.45) is 1.68. The zero-order valence-corrected chi connectivity index (χ0v) is 14.2. The van der Waals surface area contributed by atoms with Gasteiger partial charge in [-0.3, -0.25) is 4.79 Å². The minimum Gasteiger partial charge on any atom is -0.489 e. The molecule has 0 bridgehead atoms. The van der Waals surface area contributed by atoms with Crippen molar-refractivity contribution in [2.75, 3.05) is 0 Å². The van der Waals surface area contributed by atoms with E-state index in [2.05, 4.69) is 0 Å². The fourth-order valence-electron chi connectivity index (χ4n) is 2.59. The molecule has 3 nitrogen and oxygen atoms in total. The normalized spacial score (nSPS) is 14.4. The number of Topliss-reactive ketones (excluding diaryl/α,β-unsaturated/α-hetero) is 1. The highest BCUT2D eigenvalue weighted by atomic mass is 32.1. The highest BCUT2D eigenvalue weighted by Gasteiger charge is 2.27. The average molecular weight is 370 g/mol. The number of rotatable bonds is 4. The first-order valence-corrected chi connectivity index (χ1v) is 8.67. The number of thiophene rings is 1. The molecule has 4 rings (SSSR count). The largest absolute Gasteiger partial charge is 0.489 e. The van der Waals surface area contributed by atoms with Gasteiger partial charge in [0.1, 0.15) is 29.7 Å². The molecule has 0 saturated carbocycles. The van der Waals surface area contributed by atoms with Gasteiger partial charge in [0.05, 0.1) is 11.1 Å². The van der Waals surface area contributed by atoms with E-state index >= 15 is 0 Å². The zero-order valence-electron chi connectivity index (χ0n) is 13.4. The van der Waals surface area contributed by atoms with Crippen molar-refractivity contribution in [1.29, 1.82) is 0 Å². The Hall–Kier alpha value is -2.99. The molecule has 2 heterocycles. The van der Waals surface area contributed by atoms with Gasteiger partial charge in [-0.1, -0.05) is 12.1 Å². The van der Waals surface area contributed by atoms with Gasteiger partial charge in [0.2, 0.25) is 5.78 Å². The minimum absolute atomic E-state index is 0.150. The molecule has 0 unspecified atom stereocenters. The molecule has 0 spiro atoms. The molecular formula is C20H12F2O3S. The lowest BCUT2D eigenvalue weighted by Crippen LogP contribution is -2.01. The number of allylic oxidation sites excluding steroid dienone is 1. The molecule has 0 amide bonds. The maximum absolute atomic E-state index is 13.7. The van der Waals surface area contributed by atoms with E-state index in [-0.39, 0.29) is 23.7 Å². The summed E-state index contributed by atoms with van der Waals surface area (Å²) in [6.45, 7) is -0.261. The van der Waals surface area contributed by atoms with Crippen molar-refractivity contribution >= 4 is 23.2 Å². The van der Waals surface area contributed by atoms with Gasteiger partial charge >= 0.3 is 0 Å². The Kier molecular flexibility index (Phi) is 4.26. The van der Waals surface area contributed by atoms with E-state index in [1.54, 1.807) is 24.3 Å². The fraction of sp³-hybridized carbons (Fsp3) is 0.0500. The van der Waals surface area contributed by atoms with Crippen LogP contribution in [-0.4, -0.2) is 5.78 Å². The first-order chi connectivity index (χ1) is 12.6. The van der Waals surface area contributed by atoms with Gasteiger partial charge in [-0.15, -0.1) is 11.3 Å². The van der Waals surface area contributed by atoms with E-state index in [0.717, 1.165) is 4.88 Å². The van der Waals surface area contributed by atoms with E-state index in [1.807, 2.05) is 17.5 Å². The molecule has 0 fully saturated rings. The summed E-state index contributed by atoms with van der Waals surface area (Å²) < 4.78 is 38.4. The van der Waals surface area contributed by atoms with Crippen LogP contribution in [0.4, 0.5) is 8.78 Å². The molecule has 0 aliphatic carbocycles. The summed E-state index contributed by atoms with van der Waals surface area (Å²) in [5.41, 5.74) is 0.278. The van der Waals surface area contributed by atoms with Gasteiger partial charge in [0.25, 0.3) is 0 Å². The standard InChI is InChI=1S/C20H12F2O3S/c21-16-4-1-5-17(22)15(16)11-24-12-6-7-14-18(9-12)25-19(20(14)23)10-13-3-2-8-26-13/h1-10H,11H2/b19-10-. The van der Waals surface area contributed by atoms with Crippen molar-refractivity contribution in [3.8, 4) is 11.5 Å². The molecule has 2 aromatic carbocycles. The van der Waals surface area contributed by atoms with E-state index in [4.69, 9.17) is 9.47 Å². The number of carbonyl (C=O) groups excluding carboxylic acids is 1. The van der Waals surface area contributed by atoms with Crippen molar-refractivity contribution in [2.24, 2.45) is 0 Å². The lowest BCUT2D eigenvalue weighted by molar-refractivity contribution is 0.101. The van der Waals surface area contributed by atoms with Crippen LogP contribution in [0.15, 0.2) is 59.7 Å². The minimum atomic E-state index is -0.668. The van der Waals surface area contributed by atoms with Crippen molar-refractivity contribution in [2.45, 2.75) is 6.61 Å². The van der Waals surface area contributed by atoms with Crippen LogP contribution in [0.1, 0.15) is 20.8 Å². The number of ketones is 1. The van der Waals surface area contributed by atoms with Crippen LogP contribution >= 0.6 is 11.3 Å². The van der Waals surface area contributed by atoms with Crippen LogP contribution < -0.4 is 9.47 Å². The Labute approximate surface area is 152 Å². The summed E-state index contributed by atoms with van der Waals surface area (Å²) in [5.74, 6) is -0.585. The molecule has 1 aromatic heterocycles. The second kappa shape index (κ2) is 6.72. The van der Waals surface area contributed by atoms with Crippen LogP contribution in [0.25, 0.3) is 6.08 Å². The predicted molar refractivity (Wildman–Crippen MR) is 94.4 cm³/mol. The summed E-state index contributed by atoms with van der Waals surface area (Å²) in [4.78, 5) is 13.3. The first kappa shape index (κ1) is 16.5. The fourth-order valence-corrected chi connectivity index (χ4v) is 3.23. The maximum Gasteiger partial charge on any atom is 0.232 e. The Balaban J connectivity index is 1.54. The third kappa shape index (κ3) is 3.11. The van der Waals surface area contributed by atoms with Gasteiger partial charge in [0, 0.05) is 17.0 Å². The molecule has 0 atom stereocenters. The van der Waals surface area contributed by atoms with Crippen molar-refractivity contribution < 1.29 is 23.0 Å². The van der Waals surface area contributed by atoms with Gasteiger partial charge in [-0.2, -0.15) is 0 Å². The van der Waals surface area contributed by atoms with Crippen LogP contribution in [0, 0.1) is 11.6 Å². The van der Waals surface area contributed by atoms with Gasteiger partial charge in [-0.05, 0) is 35.7 Å². The zero-order chi connectivity index (χ0) is 18.1. The van der Waals surface area contributed by atoms with Crippen LogP contribution in [0.2, 0.25) is 0 Å². The van der Waals surface area contributed by atoms with Crippen molar-refractivity contribution in [1.82, 2.24) is 0 Å². The molecule has 0 N–H and O–H groups in total. The molecule has 1 aliphatic rings. The number of benzene rings is 2. The lowest BCUT2D eigenvalue weighted by Gasteiger charge is -2.09. The average Bonchev–Trinajstić information content (AvgIpc) is 3.23. The number of halogens is 2. The van der Waals surface area contributed by atoms with E-state index in [9.17, 15) is 13.6 Å². The Bertz CT molecular complexity index is 990. The van der Waals surface area contributed by atoms with Crippen LogP contribution in [0.3, 0.4) is 0 Å². The van der Waals surface area contributed by atoms with Crippen LogP contribution in [-0.2, 0) is 6.61 Å². The van der Waals surface area contributed by atoms with Gasteiger partial charge < -0.3 is 9.47 Å². The molecule has 0 saturated heterocycles. The first-order valence-electron chi connectivity index (χ1n) is 7.79. The maximum atomic E-state index is 13.7. The number of ether oxygens (including phenoxy) is 2. The smallest absolute Gasteiger partial charge is 0.232 e. The Morgan fingerprint density at radius 3 is 2.62 bits per heavy atom. The molecule has 3 aromatic rings. The topological polar surface area (TPSA) is 35.5 Å².